The summed E-state index contributed by atoms with van der Waals surface area (Å²) in [5, 5.41) is 0.696. The number of hydrogen-bond acceptors (Lipinski definition) is 4. The Bertz CT molecular complexity index is 1190. The SMILES string of the molecule is COC(=O)C1=C(C)N(C[C@@H]2CCCO2)C(=O)/C1=C\c1cc(C)n(-c2ccc(C)c(Cl)c2)c1C. The molecule has 0 bridgehead atoms. The molecule has 0 radical (unpaired) electrons. The Balaban J connectivity index is 1.76. The Morgan fingerprint density at radius 1 is 1.24 bits per heavy atom. The molecule has 174 valence electrons. The number of nitrogens with zero attached hydrogens (tertiary/aromatic N) is 2. The average Bonchev–Trinajstić information content (AvgIpc) is 3.45. The van der Waals surface area contributed by atoms with Crippen molar-refractivity contribution in [3.63, 3.8) is 0 Å². The fourth-order valence-electron chi connectivity index (χ4n) is 4.65. The van der Waals surface area contributed by atoms with Crippen molar-refractivity contribution in [2.75, 3.05) is 20.3 Å². The Kier molecular flexibility index (Phi) is 6.50. The third-order valence-corrected chi connectivity index (χ3v) is 6.90. The highest BCUT2D eigenvalue weighted by Gasteiger charge is 2.38. The van der Waals surface area contributed by atoms with E-state index in [4.69, 9.17) is 21.1 Å². The second-order valence-corrected chi connectivity index (χ2v) is 9.06. The zero-order valence-corrected chi connectivity index (χ0v) is 20.5. The summed E-state index contributed by atoms with van der Waals surface area (Å²) in [5.41, 5.74) is 6.03. The predicted octanol–water partition coefficient (Wildman–Crippen LogP) is 4.91. The van der Waals surface area contributed by atoms with Crippen LogP contribution in [0.4, 0.5) is 0 Å². The van der Waals surface area contributed by atoms with E-state index in [9.17, 15) is 9.59 Å². The van der Waals surface area contributed by atoms with Gasteiger partial charge in [-0.25, -0.2) is 4.79 Å². The first-order valence-corrected chi connectivity index (χ1v) is 11.5. The Morgan fingerprint density at radius 3 is 2.64 bits per heavy atom. The summed E-state index contributed by atoms with van der Waals surface area (Å²) in [6.45, 7) is 8.89. The average molecular weight is 469 g/mol. The van der Waals surface area contributed by atoms with Gasteiger partial charge in [0.1, 0.15) is 0 Å². The van der Waals surface area contributed by atoms with Crippen molar-refractivity contribution in [3.8, 4) is 5.69 Å². The van der Waals surface area contributed by atoms with Gasteiger partial charge in [-0.3, -0.25) is 4.79 Å². The van der Waals surface area contributed by atoms with Gasteiger partial charge in [0, 0.05) is 34.4 Å². The number of carbonyl (C=O) groups is 2. The van der Waals surface area contributed by atoms with Gasteiger partial charge in [0.15, 0.2) is 0 Å². The number of aryl methyl sites for hydroxylation is 2. The molecule has 0 unspecified atom stereocenters. The fraction of sp³-hybridized carbons (Fsp3) is 0.385. The Morgan fingerprint density at radius 2 is 2.00 bits per heavy atom. The lowest BCUT2D eigenvalue weighted by Crippen LogP contribution is -2.33. The number of esters is 1. The molecule has 0 spiro atoms. The molecule has 6 nitrogen and oxygen atoms in total. The van der Waals surface area contributed by atoms with E-state index in [-0.39, 0.29) is 12.0 Å². The summed E-state index contributed by atoms with van der Waals surface area (Å²) in [7, 11) is 1.33. The minimum Gasteiger partial charge on any atom is -0.465 e. The van der Waals surface area contributed by atoms with Gasteiger partial charge in [0.05, 0.1) is 30.9 Å². The zero-order chi connectivity index (χ0) is 23.9. The number of benzene rings is 1. The van der Waals surface area contributed by atoms with Crippen LogP contribution in [0.3, 0.4) is 0 Å². The van der Waals surface area contributed by atoms with E-state index in [0.717, 1.165) is 41.0 Å². The number of methoxy groups -OCH3 is 1. The van der Waals surface area contributed by atoms with Crippen LogP contribution in [-0.4, -0.2) is 47.7 Å². The van der Waals surface area contributed by atoms with Crippen molar-refractivity contribution >= 4 is 29.6 Å². The predicted molar refractivity (Wildman–Crippen MR) is 128 cm³/mol. The van der Waals surface area contributed by atoms with E-state index in [1.807, 2.05) is 45.0 Å². The lowest BCUT2D eigenvalue weighted by Gasteiger charge is -2.21. The van der Waals surface area contributed by atoms with Crippen LogP contribution in [-0.2, 0) is 19.1 Å². The molecule has 33 heavy (non-hydrogen) atoms. The van der Waals surface area contributed by atoms with Gasteiger partial charge in [-0.05, 0) is 75.9 Å². The van der Waals surface area contributed by atoms with Gasteiger partial charge >= 0.3 is 5.97 Å². The standard InChI is InChI=1S/C26H29ClN2O4/c1-15-8-9-20(13-23(15)27)29-16(2)11-19(17(29)3)12-22-24(26(31)32-5)18(4)28(25(22)30)14-21-7-6-10-33-21/h8-9,11-13,21H,6-7,10,14H2,1-5H3/b22-12-/t21-/m0/s1. The third kappa shape index (κ3) is 4.25. The van der Waals surface area contributed by atoms with Gasteiger partial charge in [-0.15, -0.1) is 0 Å². The fourth-order valence-corrected chi connectivity index (χ4v) is 4.82. The first-order chi connectivity index (χ1) is 15.7. The monoisotopic (exact) mass is 468 g/mol. The van der Waals surface area contributed by atoms with Crippen LogP contribution in [0.2, 0.25) is 5.02 Å². The molecule has 0 aliphatic carbocycles. The van der Waals surface area contributed by atoms with E-state index in [1.165, 1.54) is 7.11 Å². The number of hydrogen-bond donors (Lipinski definition) is 0. The topological polar surface area (TPSA) is 60.8 Å². The number of ether oxygens (including phenoxy) is 2. The van der Waals surface area contributed by atoms with E-state index in [1.54, 1.807) is 17.9 Å². The molecule has 4 rings (SSSR count). The summed E-state index contributed by atoms with van der Waals surface area (Å²) in [6, 6.07) is 7.95. The highest BCUT2D eigenvalue weighted by molar-refractivity contribution is 6.31. The summed E-state index contributed by atoms with van der Waals surface area (Å²) < 4.78 is 12.8. The van der Waals surface area contributed by atoms with Crippen LogP contribution in [0, 0.1) is 20.8 Å². The third-order valence-electron chi connectivity index (χ3n) is 6.50. The first kappa shape index (κ1) is 23.3. The van der Waals surface area contributed by atoms with Crippen molar-refractivity contribution in [1.29, 1.82) is 0 Å². The molecule has 0 N–H and O–H groups in total. The quantitative estimate of drug-likeness (QED) is 0.462. The van der Waals surface area contributed by atoms with Crippen LogP contribution in [0.1, 0.15) is 42.3 Å². The maximum atomic E-state index is 13.4. The van der Waals surface area contributed by atoms with Crippen molar-refractivity contribution in [3.05, 3.63) is 68.6 Å². The normalized spacial score (nSPS) is 19.8. The first-order valence-electron chi connectivity index (χ1n) is 11.1. The van der Waals surface area contributed by atoms with E-state index in [2.05, 4.69) is 4.57 Å². The Hall–Kier alpha value is -2.83. The molecular weight excluding hydrogens is 440 g/mol. The molecule has 1 saturated heterocycles. The molecule has 0 saturated carbocycles. The number of amides is 1. The smallest absolute Gasteiger partial charge is 0.340 e. The minimum atomic E-state index is -0.513. The molecule has 1 aromatic heterocycles. The number of allylic oxidation sites excluding steroid dienone is 1. The van der Waals surface area contributed by atoms with Gasteiger partial charge in [-0.2, -0.15) is 0 Å². The van der Waals surface area contributed by atoms with E-state index < -0.39 is 5.97 Å². The molecule has 1 atom stereocenters. The van der Waals surface area contributed by atoms with Crippen molar-refractivity contribution in [1.82, 2.24) is 9.47 Å². The molecular formula is C26H29ClN2O4. The summed E-state index contributed by atoms with van der Waals surface area (Å²) in [5.74, 6) is -0.715. The van der Waals surface area contributed by atoms with Crippen LogP contribution in [0.25, 0.3) is 11.8 Å². The van der Waals surface area contributed by atoms with Crippen LogP contribution in [0.5, 0.6) is 0 Å². The number of halogens is 1. The highest BCUT2D eigenvalue weighted by atomic mass is 35.5. The van der Waals surface area contributed by atoms with E-state index in [0.29, 0.717) is 35.0 Å². The summed E-state index contributed by atoms with van der Waals surface area (Å²) >= 11 is 6.36. The minimum absolute atomic E-state index is 0.0153. The Labute approximate surface area is 199 Å². The molecule has 1 fully saturated rings. The van der Waals surface area contributed by atoms with Gasteiger partial charge in [0.2, 0.25) is 0 Å². The number of rotatable bonds is 5. The lowest BCUT2D eigenvalue weighted by atomic mass is 10.0. The van der Waals surface area contributed by atoms with Crippen molar-refractivity contribution in [2.24, 2.45) is 0 Å². The highest BCUT2D eigenvalue weighted by Crippen LogP contribution is 2.34. The molecule has 1 amide bonds. The summed E-state index contributed by atoms with van der Waals surface area (Å²) in [4.78, 5) is 27.7. The second-order valence-electron chi connectivity index (χ2n) is 8.66. The molecule has 2 aliphatic rings. The van der Waals surface area contributed by atoms with Crippen molar-refractivity contribution in [2.45, 2.75) is 46.6 Å². The van der Waals surface area contributed by atoms with Crippen LogP contribution < -0.4 is 0 Å². The van der Waals surface area contributed by atoms with Gasteiger partial charge in [-0.1, -0.05) is 17.7 Å². The van der Waals surface area contributed by atoms with E-state index >= 15 is 0 Å². The molecule has 7 heteroatoms. The molecule has 2 aliphatic heterocycles. The maximum absolute atomic E-state index is 13.4. The molecule has 1 aromatic carbocycles. The molecule has 2 aromatic rings. The van der Waals surface area contributed by atoms with Gasteiger partial charge in [0.25, 0.3) is 5.91 Å². The summed E-state index contributed by atoms with van der Waals surface area (Å²) in [6.07, 6.45) is 3.67. The van der Waals surface area contributed by atoms with Crippen molar-refractivity contribution < 1.29 is 19.1 Å². The number of aromatic nitrogens is 1. The largest absolute Gasteiger partial charge is 0.465 e. The lowest BCUT2D eigenvalue weighted by molar-refractivity contribution is -0.136. The second kappa shape index (κ2) is 9.20. The zero-order valence-electron chi connectivity index (χ0n) is 19.7. The maximum Gasteiger partial charge on any atom is 0.340 e. The van der Waals surface area contributed by atoms with Crippen LogP contribution in [0.15, 0.2) is 41.1 Å². The molecule has 3 heterocycles. The number of carbonyl (C=O) groups excluding carboxylic acids is 2. The van der Waals surface area contributed by atoms with Gasteiger partial charge < -0.3 is 18.9 Å². The van der Waals surface area contributed by atoms with Crippen LogP contribution >= 0.6 is 11.6 Å².